The van der Waals surface area contributed by atoms with Gasteiger partial charge in [0.15, 0.2) is 0 Å². The molecule has 0 saturated heterocycles. The molecule has 1 aromatic carbocycles. The van der Waals surface area contributed by atoms with E-state index in [2.05, 4.69) is 5.16 Å². The van der Waals surface area contributed by atoms with Gasteiger partial charge in [0, 0.05) is 6.07 Å². The SMILES string of the molecule is Cc1ccc([N+](=O)[O-])cc1OCc1c(C)noc1C. The van der Waals surface area contributed by atoms with Gasteiger partial charge in [-0.2, -0.15) is 0 Å². The van der Waals surface area contributed by atoms with E-state index in [9.17, 15) is 10.1 Å². The molecule has 0 aliphatic heterocycles. The molecule has 0 bridgehead atoms. The fourth-order valence-corrected chi connectivity index (χ4v) is 1.72. The molecular formula is C13H14N2O4. The summed E-state index contributed by atoms with van der Waals surface area (Å²) in [4.78, 5) is 10.3. The molecule has 2 aromatic rings. The third kappa shape index (κ3) is 2.73. The van der Waals surface area contributed by atoms with Crippen molar-refractivity contribution >= 4 is 5.69 Å². The van der Waals surface area contributed by atoms with E-state index in [0.717, 1.165) is 16.8 Å². The first-order chi connectivity index (χ1) is 8.99. The minimum Gasteiger partial charge on any atom is -0.488 e. The summed E-state index contributed by atoms with van der Waals surface area (Å²) in [7, 11) is 0. The second-order valence-electron chi connectivity index (χ2n) is 4.30. The molecule has 0 fully saturated rings. The molecule has 0 unspecified atom stereocenters. The lowest BCUT2D eigenvalue weighted by Gasteiger charge is -2.08. The van der Waals surface area contributed by atoms with E-state index in [1.54, 1.807) is 13.0 Å². The zero-order chi connectivity index (χ0) is 14.0. The Morgan fingerprint density at radius 1 is 1.37 bits per heavy atom. The first kappa shape index (κ1) is 13.1. The molecule has 6 nitrogen and oxygen atoms in total. The number of aromatic nitrogens is 1. The van der Waals surface area contributed by atoms with Gasteiger partial charge in [-0.05, 0) is 32.4 Å². The van der Waals surface area contributed by atoms with E-state index < -0.39 is 4.92 Å². The van der Waals surface area contributed by atoms with Gasteiger partial charge < -0.3 is 9.26 Å². The third-order valence-corrected chi connectivity index (χ3v) is 2.94. The van der Waals surface area contributed by atoms with E-state index in [1.165, 1.54) is 12.1 Å². The van der Waals surface area contributed by atoms with E-state index in [4.69, 9.17) is 9.26 Å². The summed E-state index contributed by atoms with van der Waals surface area (Å²) in [6, 6.07) is 4.55. The number of benzene rings is 1. The van der Waals surface area contributed by atoms with Gasteiger partial charge in [0.1, 0.15) is 18.1 Å². The van der Waals surface area contributed by atoms with Gasteiger partial charge in [-0.3, -0.25) is 10.1 Å². The van der Waals surface area contributed by atoms with Gasteiger partial charge in [0.25, 0.3) is 5.69 Å². The van der Waals surface area contributed by atoms with Crippen LogP contribution in [0, 0.1) is 30.9 Å². The van der Waals surface area contributed by atoms with E-state index >= 15 is 0 Å². The Morgan fingerprint density at radius 3 is 2.68 bits per heavy atom. The first-order valence-corrected chi connectivity index (χ1v) is 5.78. The summed E-state index contributed by atoms with van der Waals surface area (Å²) in [6.07, 6.45) is 0. The van der Waals surface area contributed by atoms with Crippen LogP contribution in [0.25, 0.3) is 0 Å². The van der Waals surface area contributed by atoms with Crippen molar-refractivity contribution < 1.29 is 14.2 Å². The van der Waals surface area contributed by atoms with Gasteiger partial charge >= 0.3 is 0 Å². The zero-order valence-corrected chi connectivity index (χ0v) is 11.0. The van der Waals surface area contributed by atoms with Crippen LogP contribution in [0.1, 0.15) is 22.6 Å². The lowest BCUT2D eigenvalue weighted by Crippen LogP contribution is -2.00. The Balaban J connectivity index is 2.20. The highest BCUT2D eigenvalue weighted by atomic mass is 16.6. The number of aryl methyl sites for hydroxylation is 3. The van der Waals surface area contributed by atoms with Crippen LogP contribution in [-0.4, -0.2) is 10.1 Å². The Hall–Kier alpha value is -2.37. The normalized spacial score (nSPS) is 10.5. The molecule has 0 saturated carbocycles. The van der Waals surface area contributed by atoms with Crippen molar-refractivity contribution in [1.29, 1.82) is 0 Å². The Morgan fingerprint density at radius 2 is 2.11 bits per heavy atom. The highest BCUT2D eigenvalue weighted by Crippen LogP contribution is 2.25. The lowest BCUT2D eigenvalue weighted by atomic mass is 10.2. The van der Waals surface area contributed by atoms with Gasteiger partial charge in [0.2, 0.25) is 0 Å². The maximum absolute atomic E-state index is 10.7. The Kier molecular flexibility index (Phi) is 3.50. The summed E-state index contributed by atoms with van der Waals surface area (Å²) in [5.41, 5.74) is 2.49. The van der Waals surface area contributed by atoms with Crippen LogP contribution in [0.3, 0.4) is 0 Å². The maximum Gasteiger partial charge on any atom is 0.273 e. The molecule has 19 heavy (non-hydrogen) atoms. The van der Waals surface area contributed by atoms with Gasteiger partial charge in [-0.25, -0.2) is 0 Å². The molecule has 0 spiro atoms. The van der Waals surface area contributed by atoms with Crippen LogP contribution in [0.15, 0.2) is 22.7 Å². The average Bonchev–Trinajstić information content (AvgIpc) is 2.68. The van der Waals surface area contributed by atoms with Crippen LogP contribution in [0.5, 0.6) is 5.75 Å². The number of ether oxygens (including phenoxy) is 1. The van der Waals surface area contributed by atoms with Crippen molar-refractivity contribution in [3.05, 3.63) is 50.9 Å². The van der Waals surface area contributed by atoms with Crippen LogP contribution in [0.2, 0.25) is 0 Å². The number of nitro benzene ring substituents is 1. The molecule has 100 valence electrons. The monoisotopic (exact) mass is 262 g/mol. The summed E-state index contributed by atoms with van der Waals surface area (Å²) in [6.45, 7) is 5.75. The highest BCUT2D eigenvalue weighted by Gasteiger charge is 2.13. The van der Waals surface area contributed by atoms with Crippen molar-refractivity contribution in [3.63, 3.8) is 0 Å². The van der Waals surface area contributed by atoms with Gasteiger partial charge in [-0.15, -0.1) is 0 Å². The first-order valence-electron chi connectivity index (χ1n) is 5.78. The minimum atomic E-state index is -0.442. The number of non-ortho nitro benzene ring substituents is 1. The molecule has 2 rings (SSSR count). The molecule has 0 aliphatic carbocycles. The van der Waals surface area contributed by atoms with Crippen molar-refractivity contribution in [3.8, 4) is 5.75 Å². The van der Waals surface area contributed by atoms with Crippen LogP contribution >= 0.6 is 0 Å². The number of hydrogen-bond acceptors (Lipinski definition) is 5. The van der Waals surface area contributed by atoms with Gasteiger partial charge in [-0.1, -0.05) is 5.16 Å². The fraction of sp³-hybridized carbons (Fsp3) is 0.308. The minimum absolute atomic E-state index is 0.0133. The summed E-state index contributed by atoms with van der Waals surface area (Å²) in [5, 5.41) is 14.6. The van der Waals surface area contributed by atoms with Crippen molar-refractivity contribution in [2.75, 3.05) is 0 Å². The summed E-state index contributed by atoms with van der Waals surface area (Å²) >= 11 is 0. The van der Waals surface area contributed by atoms with Crippen LogP contribution < -0.4 is 4.74 Å². The average molecular weight is 262 g/mol. The zero-order valence-electron chi connectivity index (χ0n) is 11.0. The molecule has 0 atom stereocenters. The Bertz CT molecular complexity index is 600. The number of nitrogens with zero attached hydrogens (tertiary/aromatic N) is 2. The predicted molar refractivity (Wildman–Crippen MR) is 68.1 cm³/mol. The molecule has 0 aliphatic rings. The number of rotatable bonds is 4. The molecule has 1 heterocycles. The van der Waals surface area contributed by atoms with Crippen LogP contribution in [-0.2, 0) is 6.61 Å². The molecule has 0 N–H and O–H groups in total. The van der Waals surface area contributed by atoms with Gasteiger partial charge in [0.05, 0.1) is 22.2 Å². The van der Waals surface area contributed by atoms with E-state index in [1.807, 2.05) is 13.8 Å². The number of nitro groups is 1. The van der Waals surface area contributed by atoms with E-state index in [-0.39, 0.29) is 12.3 Å². The topological polar surface area (TPSA) is 78.4 Å². The van der Waals surface area contributed by atoms with Crippen molar-refractivity contribution in [2.24, 2.45) is 0 Å². The molecular weight excluding hydrogens is 248 g/mol. The smallest absolute Gasteiger partial charge is 0.273 e. The fourth-order valence-electron chi connectivity index (χ4n) is 1.72. The Labute approximate surface area is 110 Å². The second-order valence-corrected chi connectivity index (χ2v) is 4.30. The molecule has 0 radical (unpaired) electrons. The second kappa shape index (κ2) is 5.09. The largest absolute Gasteiger partial charge is 0.488 e. The summed E-state index contributed by atoms with van der Waals surface area (Å²) in [5.74, 6) is 1.19. The number of hydrogen-bond donors (Lipinski definition) is 0. The lowest BCUT2D eigenvalue weighted by molar-refractivity contribution is -0.385. The quantitative estimate of drug-likeness (QED) is 0.625. The predicted octanol–water partition coefficient (Wildman–Crippen LogP) is 3.09. The summed E-state index contributed by atoms with van der Waals surface area (Å²) < 4.78 is 10.7. The molecule has 6 heteroatoms. The maximum atomic E-state index is 10.7. The van der Waals surface area contributed by atoms with E-state index in [0.29, 0.717) is 11.5 Å². The molecule has 0 amide bonds. The highest BCUT2D eigenvalue weighted by molar-refractivity contribution is 5.43. The molecule has 1 aromatic heterocycles. The standard InChI is InChI=1S/C13H14N2O4/c1-8-4-5-11(15(16)17)6-13(8)18-7-12-9(2)14-19-10(12)3/h4-6H,7H2,1-3H3. The third-order valence-electron chi connectivity index (χ3n) is 2.94. The van der Waals surface area contributed by atoms with Crippen molar-refractivity contribution in [2.45, 2.75) is 27.4 Å². The van der Waals surface area contributed by atoms with Crippen molar-refractivity contribution in [1.82, 2.24) is 5.16 Å². The van der Waals surface area contributed by atoms with Crippen LogP contribution in [0.4, 0.5) is 5.69 Å².